The van der Waals surface area contributed by atoms with Gasteiger partial charge in [0.05, 0.1) is 17.1 Å². The Labute approximate surface area is 275 Å². The summed E-state index contributed by atoms with van der Waals surface area (Å²) in [7, 11) is 0. The summed E-state index contributed by atoms with van der Waals surface area (Å²) in [4.78, 5) is 51.5. The highest BCUT2D eigenvalue weighted by atomic mass is 16.7. The Balaban J connectivity index is 1.89. The maximum atomic E-state index is 12.3. The highest BCUT2D eigenvalue weighted by Crippen LogP contribution is 2.35. The second-order valence-corrected chi connectivity index (χ2v) is 10.8. The van der Waals surface area contributed by atoms with Crippen LogP contribution in [0.25, 0.3) is 0 Å². The third-order valence-electron chi connectivity index (χ3n) is 7.19. The number of oxime groups is 3. The number of nitrogens with one attached hydrogen (secondary N) is 3. The molecule has 0 radical (unpaired) electrons. The first-order chi connectivity index (χ1) is 22.5. The molecular formula is C35H42N6O6. The van der Waals surface area contributed by atoms with E-state index in [2.05, 4.69) is 31.4 Å². The standard InChI is InChI=1S/C35H42N6O6/c1-8-23(5)39-45-33(42)36-29-16-11-26(12-17-29)32(27-13-18-30(19-14-27)37-34(43)46-40-24(6)9-2)28-15-20-31(22(4)21-28)38-35(44)47-41-25(7)10-3/h11-21,32H,8-10H2,1-7H3,(H,36,42)(H,37,43)(H,38,44)/b39-23+,40-24+,41-25+. The maximum Gasteiger partial charge on any atom is 0.437 e. The molecule has 0 aliphatic rings. The predicted molar refractivity (Wildman–Crippen MR) is 186 cm³/mol. The van der Waals surface area contributed by atoms with E-state index < -0.39 is 18.3 Å². The van der Waals surface area contributed by atoms with Crippen molar-refractivity contribution in [1.29, 1.82) is 0 Å². The average Bonchev–Trinajstić information content (AvgIpc) is 3.07. The second kappa shape index (κ2) is 17.8. The first kappa shape index (κ1) is 36.0. The highest BCUT2D eigenvalue weighted by Gasteiger charge is 2.19. The number of carbonyl (C=O) groups is 3. The van der Waals surface area contributed by atoms with E-state index in [9.17, 15) is 14.4 Å². The molecule has 248 valence electrons. The zero-order valence-corrected chi connectivity index (χ0v) is 27.8. The molecule has 12 nitrogen and oxygen atoms in total. The molecule has 0 aromatic heterocycles. The second-order valence-electron chi connectivity index (χ2n) is 10.8. The fourth-order valence-electron chi connectivity index (χ4n) is 4.07. The molecule has 47 heavy (non-hydrogen) atoms. The van der Waals surface area contributed by atoms with Crippen LogP contribution in [0.4, 0.5) is 31.4 Å². The molecule has 0 fully saturated rings. The van der Waals surface area contributed by atoms with Crippen LogP contribution in [-0.4, -0.2) is 35.4 Å². The number of carbonyl (C=O) groups excluding carboxylic acids is 3. The van der Waals surface area contributed by atoms with Crippen LogP contribution in [0.2, 0.25) is 0 Å². The summed E-state index contributed by atoms with van der Waals surface area (Å²) in [6.07, 6.45) is -0.0409. The van der Waals surface area contributed by atoms with Crippen molar-refractivity contribution in [2.75, 3.05) is 16.0 Å². The number of rotatable bonds is 12. The Kier molecular flexibility index (Phi) is 13.6. The van der Waals surface area contributed by atoms with Crippen LogP contribution in [0.5, 0.6) is 0 Å². The van der Waals surface area contributed by atoms with Crippen molar-refractivity contribution < 1.29 is 28.9 Å². The summed E-state index contributed by atoms with van der Waals surface area (Å²) in [5, 5.41) is 19.5. The number of anilines is 3. The molecule has 3 aromatic rings. The van der Waals surface area contributed by atoms with Gasteiger partial charge in [0.15, 0.2) is 0 Å². The van der Waals surface area contributed by atoms with Gasteiger partial charge in [-0.05, 0) is 99.5 Å². The predicted octanol–water partition coefficient (Wildman–Crippen LogP) is 9.18. The van der Waals surface area contributed by atoms with Crippen molar-refractivity contribution in [3.05, 3.63) is 89.0 Å². The molecule has 3 N–H and O–H groups in total. The van der Waals surface area contributed by atoms with Gasteiger partial charge in [-0.15, -0.1) is 0 Å². The van der Waals surface area contributed by atoms with Gasteiger partial charge in [0.1, 0.15) is 0 Å². The van der Waals surface area contributed by atoms with E-state index in [0.717, 1.165) is 22.3 Å². The van der Waals surface area contributed by atoms with E-state index >= 15 is 0 Å². The van der Waals surface area contributed by atoms with Gasteiger partial charge in [-0.3, -0.25) is 30.5 Å². The Morgan fingerprint density at radius 3 is 1.30 bits per heavy atom. The highest BCUT2D eigenvalue weighted by molar-refractivity contribution is 5.88. The van der Waals surface area contributed by atoms with Crippen LogP contribution in [0.3, 0.4) is 0 Å². The molecule has 0 aliphatic heterocycles. The molecule has 0 saturated carbocycles. The topological polar surface area (TPSA) is 152 Å². The Bertz CT molecular complexity index is 1550. The van der Waals surface area contributed by atoms with Crippen LogP contribution in [0, 0.1) is 6.92 Å². The van der Waals surface area contributed by atoms with Gasteiger partial charge in [-0.1, -0.05) is 72.6 Å². The number of hydrogen-bond donors (Lipinski definition) is 3. The van der Waals surface area contributed by atoms with Crippen LogP contribution in [-0.2, 0) is 14.5 Å². The van der Waals surface area contributed by atoms with E-state index in [4.69, 9.17) is 14.5 Å². The minimum atomic E-state index is -0.688. The number of hydrogen-bond acceptors (Lipinski definition) is 9. The molecule has 0 bridgehead atoms. The van der Waals surface area contributed by atoms with Crippen molar-refractivity contribution in [1.82, 2.24) is 0 Å². The first-order valence-electron chi connectivity index (χ1n) is 15.4. The molecular weight excluding hydrogens is 600 g/mol. The minimum absolute atomic E-state index is 0.248. The number of nitrogens with zero attached hydrogens (tertiary/aromatic N) is 3. The molecule has 3 rings (SSSR count). The largest absolute Gasteiger partial charge is 0.437 e. The summed E-state index contributed by atoms with van der Waals surface area (Å²) in [6.45, 7) is 13.0. The van der Waals surface area contributed by atoms with Crippen molar-refractivity contribution in [2.24, 2.45) is 15.5 Å². The Hall–Kier alpha value is -5.52. The average molecular weight is 643 g/mol. The van der Waals surface area contributed by atoms with Crippen molar-refractivity contribution in [3.8, 4) is 0 Å². The number of amides is 3. The normalized spacial score (nSPS) is 12.5. The van der Waals surface area contributed by atoms with E-state index in [1.165, 1.54) is 0 Å². The lowest BCUT2D eigenvalue weighted by atomic mass is 9.84. The van der Waals surface area contributed by atoms with Crippen LogP contribution in [0.15, 0.2) is 82.2 Å². The molecule has 0 spiro atoms. The first-order valence-corrected chi connectivity index (χ1v) is 15.4. The summed E-state index contributed by atoms with van der Waals surface area (Å²) in [6, 6.07) is 20.5. The van der Waals surface area contributed by atoms with Crippen molar-refractivity contribution in [3.63, 3.8) is 0 Å². The lowest BCUT2D eigenvalue weighted by Gasteiger charge is -2.21. The van der Waals surface area contributed by atoms with Crippen LogP contribution < -0.4 is 16.0 Å². The smallest absolute Gasteiger partial charge is 0.298 e. The SMILES string of the molecule is CC/C(C)=N/OC(=O)Nc1ccc(C(c2ccc(NC(=O)O/N=C(\C)CC)cc2)c2ccc(NC(=O)O/N=C(\C)CC)c(C)c2)cc1. The van der Waals surface area contributed by atoms with Crippen LogP contribution >= 0.6 is 0 Å². The summed E-state index contributed by atoms with van der Waals surface area (Å²) in [5.41, 5.74) is 7.37. The van der Waals surface area contributed by atoms with Crippen LogP contribution in [0.1, 0.15) is 89.0 Å². The number of aryl methyl sites for hydroxylation is 1. The Morgan fingerprint density at radius 1 is 0.574 bits per heavy atom. The van der Waals surface area contributed by atoms with E-state index in [-0.39, 0.29) is 5.92 Å². The van der Waals surface area contributed by atoms with Gasteiger partial charge in [-0.25, -0.2) is 14.4 Å². The maximum absolute atomic E-state index is 12.3. The third kappa shape index (κ3) is 11.4. The van der Waals surface area contributed by atoms with Gasteiger partial charge >= 0.3 is 18.3 Å². The van der Waals surface area contributed by atoms with E-state index in [0.29, 0.717) is 53.5 Å². The van der Waals surface area contributed by atoms with Gasteiger partial charge in [0.2, 0.25) is 0 Å². The van der Waals surface area contributed by atoms with Gasteiger partial charge in [-0.2, -0.15) is 0 Å². The zero-order valence-electron chi connectivity index (χ0n) is 27.8. The summed E-state index contributed by atoms with van der Waals surface area (Å²) >= 11 is 0. The van der Waals surface area contributed by atoms with Gasteiger partial charge < -0.3 is 0 Å². The molecule has 0 unspecified atom stereocenters. The summed E-state index contributed by atoms with van der Waals surface area (Å²) in [5.74, 6) is -0.248. The zero-order chi connectivity index (χ0) is 34.3. The fraction of sp³-hybridized carbons (Fsp3) is 0.314. The molecule has 3 aromatic carbocycles. The van der Waals surface area contributed by atoms with Crippen molar-refractivity contribution >= 4 is 52.5 Å². The van der Waals surface area contributed by atoms with Gasteiger partial charge in [0.25, 0.3) is 0 Å². The van der Waals surface area contributed by atoms with E-state index in [1.54, 1.807) is 45.0 Å². The molecule has 0 heterocycles. The fourth-order valence-corrected chi connectivity index (χ4v) is 4.07. The molecule has 3 amide bonds. The van der Waals surface area contributed by atoms with E-state index in [1.807, 2.05) is 70.2 Å². The summed E-state index contributed by atoms with van der Waals surface area (Å²) < 4.78 is 0. The quantitative estimate of drug-likeness (QED) is 0.0775. The Morgan fingerprint density at radius 2 is 0.936 bits per heavy atom. The third-order valence-corrected chi connectivity index (χ3v) is 7.19. The lowest BCUT2D eigenvalue weighted by Crippen LogP contribution is -2.13. The lowest BCUT2D eigenvalue weighted by molar-refractivity contribution is 0.165. The molecule has 0 atom stereocenters. The minimum Gasteiger partial charge on any atom is -0.298 e. The molecule has 12 heteroatoms. The molecule has 0 saturated heterocycles. The molecule has 0 aliphatic carbocycles. The van der Waals surface area contributed by atoms with Crippen molar-refractivity contribution in [2.45, 2.75) is 73.6 Å². The number of benzene rings is 3. The van der Waals surface area contributed by atoms with Gasteiger partial charge in [0, 0.05) is 23.0 Å². The monoisotopic (exact) mass is 642 g/mol.